The van der Waals surface area contributed by atoms with Gasteiger partial charge in [-0.1, -0.05) is 49.4 Å². The maximum Gasteiger partial charge on any atom is 0.122 e. The third kappa shape index (κ3) is 2.33. The first-order valence-corrected chi connectivity index (χ1v) is 6.03. The van der Waals surface area contributed by atoms with Crippen LogP contribution in [0.25, 0.3) is 5.57 Å². The number of hydrogen-bond donors (Lipinski definition) is 1. The van der Waals surface area contributed by atoms with Crippen molar-refractivity contribution in [3.8, 4) is 0 Å². The zero-order valence-corrected chi connectivity index (χ0v) is 10.2. The van der Waals surface area contributed by atoms with Crippen molar-refractivity contribution in [2.75, 3.05) is 0 Å². The summed E-state index contributed by atoms with van der Waals surface area (Å²) >= 11 is 0. The highest BCUT2D eigenvalue weighted by molar-refractivity contribution is 5.78. The molecule has 1 heteroatoms. The van der Waals surface area contributed by atoms with Gasteiger partial charge in [0, 0.05) is 5.57 Å². The number of aliphatic hydroxyl groups is 1. The van der Waals surface area contributed by atoms with Crippen LogP contribution in [-0.4, -0.2) is 5.11 Å². The fraction of sp³-hybridized carbons (Fsp3) is 0.250. The van der Waals surface area contributed by atoms with E-state index in [1.807, 2.05) is 36.4 Å². The Morgan fingerprint density at radius 2 is 2.06 bits per heavy atom. The van der Waals surface area contributed by atoms with Gasteiger partial charge in [0.05, 0.1) is 0 Å². The van der Waals surface area contributed by atoms with Gasteiger partial charge in [-0.25, -0.2) is 0 Å². The molecule has 0 heterocycles. The van der Waals surface area contributed by atoms with Crippen molar-refractivity contribution in [2.45, 2.75) is 19.8 Å². The van der Waals surface area contributed by atoms with E-state index in [2.05, 4.69) is 19.6 Å². The van der Waals surface area contributed by atoms with E-state index in [1.165, 1.54) is 0 Å². The molecule has 1 aromatic carbocycles. The first kappa shape index (κ1) is 11.7. The van der Waals surface area contributed by atoms with Gasteiger partial charge in [0.15, 0.2) is 0 Å². The fourth-order valence-corrected chi connectivity index (χ4v) is 2.27. The molecule has 88 valence electrons. The Morgan fingerprint density at radius 1 is 1.35 bits per heavy atom. The molecule has 1 atom stereocenters. The van der Waals surface area contributed by atoms with E-state index < -0.39 is 0 Å². The monoisotopic (exact) mass is 226 g/mol. The van der Waals surface area contributed by atoms with E-state index in [0.29, 0.717) is 11.7 Å². The van der Waals surface area contributed by atoms with Gasteiger partial charge >= 0.3 is 0 Å². The lowest BCUT2D eigenvalue weighted by Crippen LogP contribution is -2.08. The van der Waals surface area contributed by atoms with Gasteiger partial charge in [-0.2, -0.15) is 0 Å². The maximum atomic E-state index is 10.3. The Hall–Kier alpha value is -1.76. The predicted molar refractivity (Wildman–Crippen MR) is 72.7 cm³/mol. The highest BCUT2D eigenvalue weighted by Crippen LogP contribution is 2.35. The first-order valence-electron chi connectivity index (χ1n) is 6.03. The van der Waals surface area contributed by atoms with Gasteiger partial charge in [0.1, 0.15) is 5.76 Å². The number of hydrogen-bond acceptors (Lipinski definition) is 1. The van der Waals surface area contributed by atoms with Gasteiger partial charge in [0.2, 0.25) is 0 Å². The smallest absolute Gasteiger partial charge is 0.122 e. The van der Waals surface area contributed by atoms with Crippen LogP contribution < -0.4 is 0 Å². The van der Waals surface area contributed by atoms with E-state index >= 15 is 0 Å². The highest BCUT2D eigenvalue weighted by Gasteiger charge is 2.20. The van der Waals surface area contributed by atoms with Crippen molar-refractivity contribution in [1.82, 2.24) is 0 Å². The third-order valence-corrected chi connectivity index (χ3v) is 3.28. The molecule has 1 nitrogen and oxygen atoms in total. The normalized spacial score (nSPS) is 20.1. The largest absolute Gasteiger partial charge is 0.507 e. The molecule has 0 fully saturated rings. The summed E-state index contributed by atoms with van der Waals surface area (Å²) in [5, 5.41) is 10.3. The highest BCUT2D eigenvalue weighted by atomic mass is 16.3. The van der Waals surface area contributed by atoms with Crippen molar-refractivity contribution in [3.63, 3.8) is 0 Å². The van der Waals surface area contributed by atoms with Crippen molar-refractivity contribution >= 4 is 5.57 Å². The van der Waals surface area contributed by atoms with E-state index in [9.17, 15) is 5.11 Å². The summed E-state index contributed by atoms with van der Waals surface area (Å²) in [6.07, 6.45) is 5.73. The number of benzene rings is 1. The third-order valence-electron chi connectivity index (χ3n) is 3.28. The fourth-order valence-electron chi connectivity index (χ4n) is 2.27. The van der Waals surface area contributed by atoms with Crippen LogP contribution in [-0.2, 0) is 0 Å². The molecule has 0 radical (unpaired) electrons. The average Bonchev–Trinajstić information content (AvgIpc) is 2.36. The van der Waals surface area contributed by atoms with Crippen molar-refractivity contribution in [1.29, 1.82) is 0 Å². The predicted octanol–water partition coefficient (Wildman–Crippen LogP) is 4.50. The lowest BCUT2D eigenvalue weighted by atomic mass is 9.84. The minimum Gasteiger partial charge on any atom is -0.507 e. The van der Waals surface area contributed by atoms with Crippen LogP contribution in [0.5, 0.6) is 0 Å². The number of aliphatic hydroxyl groups excluding tert-OH is 1. The maximum absolute atomic E-state index is 10.3. The molecule has 1 aliphatic rings. The second-order valence-corrected chi connectivity index (χ2v) is 4.49. The second kappa shape index (κ2) is 5.05. The van der Waals surface area contributed by atoms with Crippen molar-refractivity contribution < 1.29 is 5.11 Å². The van der Waals surface area contributed by atoms with E-state index in [1.54, 1.807) is 0 Å². The average molecular weight is 226 g/mol. The summed E-state index contributed by atoms with van der Waals surface area (Å²) in [7, 11) is 0. The lowest BCUT2D eigenvalue weighted by molar-refractivity contribution is 0.412. The molecular weight excluding hydrogens is 208 g/mol. The summed E-state index contributed by atoms with van der Waals surface area (Å²) in [5.41, 5.74) is 3.14. The number of allylic oxidation sites excluding steroid dienone is 4. The van der Waals surface area contributed by atoms with Crippen LogP contribution in [0.1, 0.15) is 25.3 Å². The van der Waals surface area contributed by atoms with Gasteiger partial charge in [-0.15, -0.1) is 6.58 Å². The zero-order valence-electron chi connectivity index (χ0n) is 10.2. The molecule has 0 bridgehead atoms. The molecule has 17 heavy (non-hydrogen) atoms. The summed E-state index contributed by atoms with van der Waals surface area (Å²) in [6.45, 7) is 5.90. The van der Waals surface area contributed by atoms with Crippen LogP contribution in [0.3, 0.4) is 0 Å². The molecule has 1 aromatic rings. The molecule has 0 aliphatic heterocycles. The van der Waals surface area contributed by atoms with Gasteiger partial charge in [-0.3, -0.25) is 0 Å². The van der Waals surface area contributed by atoms with Crippen LogP contribution >= 0.6 is 0 Å². The first-order chi connectivity index (χ1) is 8.24. The van der Waals surface area contributed by atoms with Gasteiger partial charge in [0.25, 0.3) is 0 Å². The molecule has 0 spiro atoms. The Bertz CT molecular complexity index is 466. The van der Waals surface area contributed by atoms with Gasteiger partial charge in [-0.05, 0) is 29.9 Å². The van der Waals surface area contributed by atoms with Gasteiger partial charge < -0.3 is 5.11 Å². The Kier molecular flexibility index (Phi) is 3.48. The summed E-state index contributed by atoms with van der Waals surface area (Å²) in [6, 6.07) is 10.0. The lowest BCUT2D eigenvalue weighted by Gasteiger charge is -2.22. The molecule has 0 saturated carbocycles. The van der Waals surface area contributed by atoms with Crippen LogP contribution in [0.2, 0.25) is 0 Å². The Labute approximate surface area is 103 Å². The summed E-state index contributed by atoms with van der Waals surface area (Å²) in [5.74, 6) is 0.843. The SMILES string of the molecule is C=CCC1=C(O)C(c2ccccc2)=CC[C@H]1C. The van der Waals surface area contributed by atoms with Crippen LogP contribution in [0.4, 0.5) is 0 Å². The Balaban J connectivity index is 2.40. The quantitative estimate of drug-likeness (QED) is 0.752. The molecular formula is C16H18O. The number of rotatable bonds is 3. The minimum atomic E-state index is 0.403. The molecule has 1 N–H and O–H groups in total. The molecule has 1 aliphatic carbocycles. The minimum absolute atomic E-state index is 0.403. The van der Waals surface area contributed by atoms with E-state index in [0.717, 1.165) is 29.6 Å². The van der Waals surface area contributed by atoms with Crippen LogP contribution in [0, 0.1) is 5.92 Å². The van der Waals surface area contributed by atoms with Crippen molar-refractivity contribution in [3.05, 3.63) is 66.0 Å². The van der Waals surface area contributed by atoms with Crippen LogP contribution in [0.15, 0.2) is 60.4 Å². The zero-order chi connectivity index (χ0) is 12.3. The van der Waals surface area contributed by atoms with E-state index in [4.69, 9.17) is 0 Å². The molecule has 0 amide bonds. The molecule has 0 unspecified atom stereocenters. The van der Waals surface area contributed by atoms with E-state index in [-0.39, 0.29) is 0 Å². The van der Waals surface area contributed by atoms with Crippen molar-refractivity contribution in [2.24, 2.45) is 5.92 Å². The topological polar surface area (TPSA) is 20.2 Å². The Morgan fingerprint density at radius 3 is 2.71 bits per heavy atom. The second-order valence-electron chi connectivity index (χ2n) is 4.49. The molecule has 0 saturated heterocycles. The summed E-state index contributed by atoms with van der Waals surface area (Å²) < 4.78 is 0. The summed E-state index contributed by atoms with van der Waals surface area (Å²) in [4.78, 5) is 0. The molecule has 2 rings (SSSR count). The standard InChI is InChI=1S/C16H18O/c1-3-7-14-12(2)10-11-15(16(14)17)13-8-5-4-6-9-13/h3-6,8-9,11-12,17H,1,7,10H2,2H3/t12-/m1/s1. The molecule has 0 aromatic heterocycles.